The van der Waals surface area contributed by atoms with E-state index in [-0.39, 0.29) is 4.90 Å². The van der Waals surface area contributed by atoms with Gasteiger partial charge in [-0.05, 0) is 44.2 Å². The highest BCUT2D eigenvalue weighted by molar-refractivity contribution is 7.89. The zero-order chi connectivity index (χ0) is 13.7. The van der Waals surface area contributed by atoms with Crippen molar-refractivity contribution in [3.05, 3.63) is 42.0 Å². The van der Waals surface area contributed by atoms with Crippen LogP contribution in [0, 0.1) is 12.8 Å². The Bertz CT molecular complexity index is 535. The topological polar surface area (TPSA) is 58.2 Å². The van der Waals surface area contributed by atoms with Crippen LogP contribution in [0.15, 0.2) is 41.3 Å². The highest BCUT2D eigenvalue weighted by Crippen LogP contribution is 2.16. The average Bonchev–Trinajstić information content (AvgIpc) is 2.40. The minimum Gasteiger partial charge on any atom is -0.244 e. The third-order valence-corrected chi connectivity index (χ3v) is 4.61. The van der Waals surface area contributed by atoms with E-state index in [9.17, 15) is 8.42 Å². The van der Waals surface area contributed by atoms with Gasteiger partial charge < -0.3 is 0 Å². The predicted octanol–water partition coefficient (Wildman–Crippen LogP) is 2.13. The number of nitrogens with one attached hydrogen (secondary N) is 2. The molecule has 0 spiro atoms. The lowest BCUT2D eigenvalue weighted by molar-refractivity contribution is 0.429. The number of hydrazine groups is 1. The van der Waals surface area contributed by atoms with Gasteiger partial charge in [-0.2, -0.15) is 0 Å². The summed E-state index contributed by atoms with van der Waals surface area (Å²) in [6.45, 7) is 2.59. The minimum atomic E-state index is -3.46. The van der Waals surface area contributed by atoms with Crippen molar-refractivity contribution < 1.29 is 8.42 Å². The highest BCUT2D eigenvalue weighted by atomic mass is 32.2. The minimum absolute atomic E-state index is 0.286. The van der Waals surface area contributed by atoms with Crippen molar-refractivity contribution in [3.63, 3.8) is 0 Å². The number of aryl methyl sites for hydroxylation is 1. The van der Waals surface area contributed by atoms with Gasteiger partial charge in [0.25, 0.3) is 10.0 Å². The van der Waals surface area contributed by atoms with Crippen molar-refractivity contribution in [2.45, 2.75) is 31.1 Å². The van der Waals surface area contributed by atoms with E-state index in [0.29, 0.717) is 12.5 Å². The van der Waals surface area contributed by atoms with Gasteiger partial charge in [-0.15, -0.1) is 4.83 Å². The summed E-state index contributed by atoms with van der Waals surface area (Å²) in [6, 6.07) is 6.81. The molecule has 104 valence electrons. The maximum atomic E-state index is 12.0. The van der Waals surface area contributed by atoms with Crippen LogP contribution in [0.1, 0.15) is 24.8 Å². The monoisotopic (exact) mass is 280 g/mol. The molecule has 0 saturated heterocycles. The van der Waals surface area contributed by atoms with E-state index < -0.39 is 10.0 Å². The Morgan fingerprint density at radius 1 is 1.21 bits per heavy atom. The maximum absolute atomic E-state index is 12.0. The first-order valence-electron chi connectivity index (χ1n) is 6.54. The van der Waals surface area contributed by atoms with Crippen LogP contribution in [-0.2, 0) is 10.0 Å². The summed E-state index contributed by atoms with van der Waals surface area (Å²) in [5.41, 5.74) is 3.88. The molecule has 1 unspecified atom stereocenters. The van der Waals surface area contributed by atoms with Gasteiger partial charge in [-0.3, -0.25) is 0 Å². The first-order valence-corrected chi connectivity index (χ1v) is 8.02. The second-order valence-electron chi connectivity index (χ2n) is 4.95. The third-order valence-electron chi connectivity index (χ3n) is 3.31. The van der Waals surface area contributed by atoms with E-state index in [0.717, 1.165) is 24.8 Å². The molecule has 5 heteroatoms. The Hall–Kier alpha value is -1.17. The first kappa shape index (κ1) is 14.2. The summed E-state index contributed by atoms with van der Waals surface area (Å²) in [5.74, 6) is 0.505. The van der Waals surface area contributed by atoms with Crippen LogP contribution in [0.4, 0.5) is 0 Å². The Kier molecular flexibility index (Phi) is 4.74. The summed E-state index contributed by atoms with van der Waals surface area (Å²) >= 11 is 0. The molecule has 1 aliphatic carbocycles. The van der Waals surface area contributed by atoms with E-state index in [1.807, 2.05) is 6.92 Å². The number of rotatable bonds is 5. The van der Waals surface area contributed by atoms with Crippen LogP contribution in [0.25, 0.3) is 0 Å². The normalized spacial score (nSPS) is 19.5. The molecule has 4 nitrogen and oxygen atoms in total. The van der Waals surface area contributed by atoms with Crippen molar-refractivity contribution in [2.24, 2.45) is 5.92 Å². The Balaban J connectivity index is 1.87. The Labute approximate surface area is 114 Å². The number of hydrogen-bond acceptors (Lipinski definition) is 3. The van der Waals surface area contributed by atoms with Crippen LogP contribution in [-0.4, -0.2) is 15.0 Å². The van der Waals surface area contributed by atoms with Crippen molar-refractivity contribution in [1.82, 2.24) is 10.3 Å². The lowest BCUT2D eigenvalue weighted by atomic mass is 9.95. The van der Waals surface area contributed by atoms with E-state index in [1.54, 1.807) is 24.3 Å². The molecule has 0 heterocycles. The molecule has 0 radical (unpaired) electrons. The molecule has 1 aliphatic rings. The average molecular weight is 280 g/mol. The largest absolute Gasteiger partial charge is 0.253 e. The lowest BCUT2D eigenvalue weighted by Crippen LogP contribution is -2.40. The molecular weight excluding hydrogens is 260 g/mol. The van der Waals surface area contributed by atoms with E-state index in [2.05, 4.69) is 22.4 Å². The molecule has 0 saturated carbocycles. The number of allylic oxidation sites excluding steroid dienone is 2. The van der Waals surface area contributed by atoms with Crippen LogP contribution >= 0.6 is 0 Å². The molecule has 1 aromatic carbocycles. The van der Waals surface area contributed by atoms with Gasteiger partial charge in [0.05, 0.1) is 4.90 Å². The van der Waals surface area contributed by atoms with Crippen LogP contribution in [0.3, 0.4) is 0 Å². The fraction of sp³-hybridized carbons (Fsp3) is 0.429. The quantitative estimate of drug-likeness (QED) is 0.642. The summed E-state index contributed by atoms with van der Waals surface area (Å²) in [4.78, 5) is 2.73. The fourth-order valence-corrected chi connectivity index (χ4v) is 2.98. The Morgan fingerprint density at radius 3 is 2.58 bits per heavy atom. The van der Waals surface area contributed by atoms with Crippen LogP contribution < -0.4 is 10.3 Å². The molecule has 0 amide bonds. The molecule has 1 aromatic rings. The third kappa shape index (κ3) is 4.16. The van der Waals surface area contributed by atoms with Crippen molar-refractivity contribution >= 4 is 10.0 Å². The van der Waals surface area contributed by atoms with Gasteiger partial charge in [0.2, 0.25) is 0 Å². The fourth-order valence-electron chi connectivity index (χ4n) is 2.10. The Morgan fingerprint density at radius 2 is 1.95 bits per heavy atom. The van der Waals surface area contributed by atoms with Crippen LogP contribution in [0.2, 0.25) is 0 Å². The molecule has 19 heavy (non-hydrogen) atoms. The predicted molar refractivity (Wildman–Crippen MR) is 76.0 cm³/mol. The number of benzene rings is 1. The molecular formula is C14H20N2O2S. The van der Waals surface area contributed by atoms with Crippen molar-refractivity contribution in [1.29, 1.82) is 0 Å². The zero-order valence-electron chi connectivity index (χ0n) is 11.1. The summed E-state index contributed by atoms with van der Waals surface area (Å²) in [5, 5.41) is 0. The second-order valence-corrected chi connectivity index (χ2v) is 6.63. The van der Waals surface area contributed by atoms with Gasteiger partial charge >= 0.3 is 0 Å². The number of hydrogen-bond donors (Lipinski definition) is 2. The molecule has 0 aromatic heterocycles. The van der Waals surface area contributed by atoms with Gasteiger partial charge in [-0.1, -0.05) is 29.8 Å². The lowest BCUT2D eigenvalue weighted by Gasteiger charge is -2.18. The zero-order valence-corrected chi connectivity index (χ0v) is 11.9. The van der Waals surface area contributed by atoms with Crippen LogP contribution in [0.5, 0.6) is 0 Å². The highest BCUT2D eigenvalue weighted by Gasteiger charge is 2.14. The van der Waals surface area contributed by atoms with Gasteiger partial charge in [-0.25, -0.2) is 13.8 Å². The molecule has 2 N–H and O–H groups in total. The van der Waals surface area contributed by atoms with Gasteiger partial charge in [0, 0.05) is 6.54 Å². The standard InChI is InChI=1S/C14H20N2O2S/c1-12-7-9-14(10-8-12)19(17,18)16-15-11-13-5-3-2-4-6-13/h2-3,7-10,13,15-16H,4-6,11H2,1H3. The molecule has 2 rings (SSSR count). The van der Waals surface area contributed by atoms with E-state index >= 15 is 0 Å². The second kappa shape index (κ2) is 6.32. The molecule has 0 fully saturated rings. The van der Waals surface area contributed by atoms with Gasteiger partial charge in [0.1, 0.15) is 0 Å². The SMILES string of the molecule is Cc1ccc(S(=O)(=O)NNCC2CC=CCC2)cc1. The smallest absolute Gasteiger partial charge is 0.244 e. The number of sulfonamides is 1. The summed E-state index contributed by atoms with van der Waals surface area (Å²) < 4.78 is 24.0. The van der Waals surface area contributed by atoms with Crippen molar-refractivity contribution in [2.75, 3.05) is 6.54 Å². The molecule has 0 bridgehead atoms. The molecule has 0 aliphatic heterocycles. The summed E-state index contributed by atoms with van der Waals surface area (Å²) in [7, 11) is -3.46. The van der Waals surface area contributed by atoms with E-state index in [1.165, 1.54) is 0 Å². The molecule has 1 atom stereocenters. The van der Waals surface area contributed by atoms with E-state index in [4.69, 9.17) is 0 Å². The summed E-state index contributed by atoms with van der Waals surface area (Å²) in [6.07, 6.45) is 7.53. The first-order chi connectivity index (χ1) is 9.08. The van der Waals surface area contributed by atoms with Gasteiger partial charge in [0.15, 0.2) is 0 Å². The maximum Gasteiger partial charge on any atom is 0.253 e. The van der Waals surface area contributed by atoms with Crippen molar-refractivity contribution in [3.8, 4) is 0 Å².